The molecule has 0 unspecified atom stereocenters. The predicted molar refractivity (Wildman–Crippen MR) is 86.2 cm³/mol. The lowest BCUT2D eigenvalue weighted by Crippen LogP contribution is -2.18. The largest absolute Gasteiger partial charge is 0.346 e. The van der Waals surface area contributed by atoms with Crippen LogP contribution in [0.25, 0.3) is 10.9 Å². The zero-order chi connectivity index (χ0) is 14.7. The minimum Gasteiger partial charge on any atom is -0.346 e. The molecule has 0 saturated heterocycles. The second-order valence-electron chi connectivity index (χ2n) is 5.48. The Morgan fingerprint density at radius 1 is 1.24 bits per heavy atom. The number of hydrogen-bond donors (Lipinski definition) is 1. The van der Waals surface area contributed by atoms with Crippen LogP contribution in [0.4, 0.5) is 0 Å². The Morgan fingerprint density at radius 3 is 2.86 bits per heavy atom. The molecule has 2 heterocycles. The Labute approximate surface area is 125 Å². The van der Waals surface area contributed by atoms with Gasteiger partial charge >= 0.3 is 0 Å². The fourth-order valence-corrected chi connectivity index (χ4v) is 2.90. The molecular weight excluding hydrogens is 260 g/mol. The maximum absolute atomic E-state index is 4.06. The van der Waals surface area contributed by atoms with Crippen LogP contribution in [-0.4, -0.2) is 20.7 Å². The van der Waals surface area contributed by atoms with Gasteiger partial charge in [0.25, 0.3) is 0 Å². The molecular formula is C17H22N4. The SMILES string of the molecule is Cc1c(CNCCCn2ccnc2)n(C)c2ccccc12. The molecule has 0 spiro atoms. The fraction of sp³-hybridized carbons (Fsp3) is 0.353. The maximum Gasteiger partial charge on any atom is 0.0945 e. The Hall–Kier alpha value is -2.07. The van der Waals surface area contributed by atoms with Crippen LogP contribution in [0.5, 0.6) is 0 Å². The summed E-state index contributed by atoms with van der Waals surface area (Å²) in [4.78, 5) is 4.06. The van der Waals surface area contributed by atoms with Crippen molar-refractivity contribution in [3.8, 4) is 0 Å². The summed E-state index contributed by atoms with van der Waals surface area (Å²) in [5, 5.41) is 4.91. The third-order valence-electron chi connectivity index (χ3n) is 4.13. The molecule has 0 bridgehead atoms. The minimum atomic E-state index is 0.918. The van der Waals surface area contributed by atoms with Crippen molar-refractivity contribution in [1.29, 1.82) is 0 Å². The van der Waals surface area contributed by atoms with Gasteiger partial charge in [0.1, 0.15) is 0 Å². The second-order valence-corrected chi connectivity index (χ2v) is 5.48. The predicted octanol–water partition coefficient (Wildman–Crippen LogP) is 2.86. The molecule has 3 aromatic rings. The number of hydrogen-bond acceptors (Lipinski definition) is 2. The molecule has 0 aliphatic rings. The summed E-state index contributed by atoms with van der Waals surface area (Å²) in [7, 11) is 2.15. The average molecular weight is 282 g/mol. The van der Waals surface area contributed by atoms with Crippen LogP contribution in [0.1, 0.15) is 17.7 Å². The Kier molecular flexibility index (Phi) is 4.06. The van der Waals surface area contributed by atoms with Crippen LogP contribution in [-0.2, 0) is 20.1 Å². The van der Waals surface area contributed by atoms with Crippen molar-refractivity contribution >= 4 is 10.9 Å². The van der Waals surface area contributed by atoms with Gasteiger partial charge in [-0.1, -0.05) is 18.2 Å². The maximum atomic E-state index is 4.06. The zero-order valence-corrected chi connectivity index (χ0v) is 12.7. The number of nitrogens with one attached hydrogen (secondary N) is 1. The number of fused-ring (bicyclic) bond motifs is 1. The van der Waals surface area contributed by atoms with E-state index in [-0.39, 0.29) is 0 Å². The summed E-state index contributed by atoms with van der Waals surface area (Å²) in [5.74, 6) is 0. The van der Waals surface area contributed by atoms with Crippen LogP contribution in [0, 0.1) is 6.92 Å². The molecule has 0 atom stereocenters. The summed E-state index contributed by atoms with van der Waals surface area (Å²) in [5.41, 5.74) is 4.07. The Balaban J connectivity index is 1.58. The number of benzene rings is 1. The van der Waals surface area contributed by atoms with E-state index in [1.54, 1.807) is 0 Å². The minimum absolute atomic E-state index is 0.918. The van der Waals surface area contributed by atoms with Crippen LogP contribution >= 0.6 is 0 Å². The van der Waals surface area contributed by atoms with Gasteiger partial charge in [-0.25, -0.2) is 4.98 Å². The van der Waals surface area contributed by atoms with E-state index < -0.39 is 0 Å². The number of nitrogens with zero attached hydrogens (tertiary/aromatic N) is 3. The van der Waals surface area contributed by atoms with E-state index in [9.17, 15) is 0 Å². The molecule has 0 aliphatic heterocycles. The van der Waals surface area contributed by atoms with E-state index in [2.05, 4.69) is 57.7 Å². The normalized spacial score (nSPS) is 11.3. The highest BCUT2D eigenvalue weighted by atomic mass is 15.0. The fourth-order valence-electron chi connectivity index (χ4n) is 2.90. The number of rotatable bonds is 6. The lowest BCUT2D eigenvalue weighted by Gasteiger charge is -2.08. The summed E-state index contributed by atoms with van der Waals surface area (Å²) < 4.78 is 4.41. The molecule has 0 radical (unpaired) electrons. The van der Waals surface area contributed by atoms with Crippen LogP contribution < -0.4 is 5.32 Å². The van der Waals surface area contributed by atoms with Crippen molar-refractivity contribution in [1.82, 2.24) is 19.4 Å². The van der Waals surface area contributed by atoms with Crippen molar-refractivity contribution in [2.45, 2.75) is 26.4 Å². The van der Waals surface area contributed by atoms with Crippen LogP contribution in [0.2, 0.25) is 0 Å². The second kappa shape index (κ2) is 6.14. The van der Waals surface area contributed by atoms with Gasteiger partial charge in [0.05, 0.1) is 6.33 Å². The first-order valence-electron chi connectivity index (χ1n) is 7.46. The van der Waals surface area contributed by atoms with E-state index in [0.717, 1.165) is 26.1 Å². The van der Waals surface area contributed by atoms with Gasteiger partial charge in [-0.15, -0.1) is 0 Å². The number of para-hydroxylation sites is 1. The molecule has 110 valence electrons. The van der Waals surface area contributed by atoms with Crippen molar-refractivity contribution in [2.75, 3.05) is 6.54 Å². The summed E-state index contributed by atoms with van der Waals surface area (Å²) in [6.07, 6.45) is 6.81. The van der Waals surface area contributed by atoms with Gasteiger partial charge in [-0.3, -0.25) is 0 Å². The van der Waals surface area contributed by atoms with Crippen molar-refractivity contribution < 1.29 is 0 Å². The highest BCUT2D eigenvalue weighted by molar-refractivity contribution is 5.85. The first-order chi connectivity index (χ1) is 10.3. The van der Waals surface area contributed by atoms with E-state index >= 15 is 0 Å². The first kappa shape index (κ1) is 13.9. The van der Waals surface area contributed by atoms with Gasteiger partial charge in [0.15, 0.2) is 0 Å². The van der Waals surface area contributed by atoms with Crippen LogP contribution in [0.15, 0.2) is 43.0 Å². The van der Waals surface area contributed by atoms with E-state index in [1.807, 2.05) is 18.7 Å². The molecule has 1 N–H and O–H groups in total. The number of imidazole rings is 1. The van der Waals surface area contributed by atoms with Gasteiger partial charge in [-0.2, -0.15) is 0 Å². The number of aryl methyl sites for hydroxylation is 3. The quantitative estimate of drug-likeness (QED) is 0.706. The molecule has 2 aromatic heterocycles. The highest BCUT2D eigenvalue weighted by Gasteiger charge is 2.10. The molecule has 0 amide bonds. The lowest BCUT2D eigenvalue weighted by atomic mass is 10.1. The monoisotopic (exact) mass is 282 g/mol. The van der Waals surface area contributed by atoms with Crippen molar-refractivity contribution in [3.05, 3.63) is 54.2 Å². The smallest absolute Gasteiger partial charge is 0.0945 e. The molecule has 0 fully saturated rings. The average Bonchev–Trinajstić information content (AvgIpc) is 3.10. The molecule has 1 aromatic carbocycles. The molecule has 0 aliphatic carbocycles. The van der Waals surface area contributed by atoms with Crippen molar-refractivity contribution in [2.24, 2.45) is 7.05 Å². The summed E-state index contributed by atoms with van der Waals surface area (Å²) in [6.45, 7) is 5.16. The molecule has 0 saturated carbocycles. The third kappa shape index (κ3) is 2.85. The van der Waals surface area contributed by atoms with Gasteiger partial charge in [0.2, 0.25) is 0 Å². The summed E-state index contributed by atoms with van der Waals surface area (Å²) >= 11 is 0. The zero-order valence-electron chi connectivity index (χ0n) is 12.7. The number of aromatic nitrogens is 3. The highest BCUT2D eigenvalue weighted by Crippen LogP contribution is 2.24. The summed E-state index contributed by atoms with van der Waals surface area (Å²) in [6, 6.07) is 8.60. The molecule has 4 heteroatoms. The molecule has 21 heavy (non-hydrogen) atoms. The first-order valence-corrected chi connectivity index (χ1v) is 7.46. The van der Waals surface area contributed by atoms with Gasteiger partial charge in [-0.05, 0) is 31.5 Å². The Bertz CT molecular complexity index is 671. The molecule has 3 rings (SSSR count). The molecule has 4 nitrogen and oxygen atoms in total. The van der Waals surface area contributed by atoms with Gasteiger partial charge < -0.3 is 14.5 Å². The van der Waals surface area contributed by atoms with E-state index in [4.69, 9.17) is 0 Å². The van der Waals surface area contributed by atoms with Gasteiger partial charge in [0, 0.05) is 49.1 Å². The van der Waals surface area contributed by atoms with E-state index in [0.29, 0.717) is 0 Å². The lowest BCUT2D eigenvalue weighted by molar-refractivity contribution is 0.571. The standard InChI is InChI=1S/C17H22N4/c1-14-15-6-3-4-7-16(15)20(2)17(14)12-18-8-5-10-21-11-9-19-13-21/h3-4,6-7,9,11,13,18H,5,8,10,12H2,1-2H3. The van der Waals surface area contributed by atoms with E-state index in [1.165, 1.54) is 22.2 Å². The van der Waals surface area contributed by atoms with Crippen LogP contribution in [0.3, 0.4) is 0 Å². The Morgan fingerprint density at radius 2 is 2.10 bits per heavy atom. The topological polar surface area (TPSA) is 34.8 Å². The third-order valence-corrected chi connectivity index (χ3v) is 4.13. The van der Waals surface area contributed by atoms with Crippen molar-refractivity contribution in [3.63, 3.8) is 0 Å².